The number of rotatable bonds is 8. The van der Waals surface area contributed by atoms with Crippen LogP contribution in [0.3, 0.4) is 0 Å². The van der Waals surface area contributed by atoms with Crippen molar-refractivity contribution in [2.24, 2.45) is 16.3 Å². The summed E-state index contributed by atoms with van der Waals surface area (Å²) in [6, 6.07) is 0. The SMILES string of the molecule is CSCCNC(=NCC(=O)N(C)C)NCC(C)(C)C1CCCC1.I. The van der Waals surface area contributed by atoms with Gasteiger partial charge < -0.3 is 15.5 Å². The second kappa shape index (κ2) is 12.2. The van der Waals surface area contributed by atoms with Crippen molar-refractivity contribution >= 4 is 47.6 Å². The Kier molecular flexibility index (Phi) is 12.1. The van der Waals surface area contributed by atoms with Crippen molar-refractivity contribution in [2.45, 2.75) is 39.5 Å². The van der Waals surface area contributed by atoms with Gasteiger partial charge in [0.15, 0.2) is 5.96 Å². The van der Waals surface area contributed by atoms with Gasteiger partial charge >= 0.3 is 0 Å². The zero-order valence-electron chi connectivity index (χ0n) is 15.9. The Hall–Kier alpha value is -0.180. The molecule has 0 spiro atoms. The zero-order valence-corrected chi connectivity index (χ0v) is 19.0. The first kappa shape index (κ1) is 23.8. The third kappa shape index (κ3) is 8.78. The predicted octanol–water partition coefficient (Wildman–Crippen LogP) is 2.81. The first-order valence-electron chi connectivity index (χ1n) is 8.58. The van der Waals surface area contributed by atoms with Gasteiger partial charge in [0.05, 0.1) is 0 Å². The molecule has 1 amide bonds. The minimum absolute atomic E-state index is 0. The van der Waals surface area contributed by atoms with Crippen molar-refractivity contribution in [1.29, 1.82) is 0 Å². The van der Waals surface area contributed by atoms with E-state index in [1.54, 1.807) is 30.8 Å². The Morgan fingerprint density at radius 1 is 1.25 bits per heavy atom. The molecule has 1 saturated carbocycles. The number of likely N-dealkylation sites (N-methyl/N-ethyl adjacent to an activating group) is 1. The maximum atomic E-state index is 11.7. The first-order chi connectivity index (χ1) is 10.9. The number of hydrogen-bond donors (Lipinski definition) is 2. The summed E-state index contributed by atoms with van der Waals surface area (Å²) in [5, 5.41) is 6.77. The number of thioether (sulfide) groups is 1. The second-order valence-corrected chi connectivity index (χ2v) is 8.18. The molecule has 0 aromatic carbocycles. The van der Waals surface area contributed by atoms with E-state index in [1.165, 1.54) is 25.7 Å². The Balaban J connectivity index is 0.00000529. The van der Waals surface area contributed by atoms with Crippen LogP contribution in [0.5, 0.6) is 0 Å². The fourth-order valence-corrected chi connectivity index (χ4v) is 3.20. The molecule has 0 aromatic rings. The van der Waals surface area contributed by atoms with Gasteiger partial charge in [0.1, 0.15) is 6.54 Å². The molecule has 0 heterocycles. The van der Waals surface area contributed by atoms with Crippen LogP contribution in [0.1, 0.15) is 39.5 Å². The maximum absolute atomic E-state index is 11.7. The van der Waals surface area contributed by atoms with Crippen LogP contribution in [0.25, 0.3) is 0 Å². The van der Waals surface area contributed by atoms with E-state index >= 15 is 0 Å². The average molecular weight is 470 g/mol. The van der Waals surface area contributed by atoms with Crippen LogP contribution in [0.4, 0.5) is 0 Å². The zero-order chi connectivity index (χ0) is 17.3. The van der Waals surface area contributed by atoms with Gasteiger partial charge in [0, 0.05) is 32.9 Å². The van der Waals surface area contributed by atoms with E-state index in [0.717, 1.165) is 30.7 Å². The average Bonchev–Trinajstić information content (AvgIpc) is 3.04. The molecule has 0 saturated heterocycles. The normalized spacial score (nSPS) is 15.8. The topological polar surface area (TPSA) is 56.7 Å². The molecule has 2 N–H and O–H groups in total. The number of nitrogens with zero attached hydrogens (tertiary/aromatic N) is 2. The van der Waals surface area contributed by atoms with E-state index in [9.17, 15) is 4.79 Å². The number of carbonyl (C=O) groups excluding carboxylic acids is 1. The third-order valence-electron chi connectivity index (χ3n) is 4.64. The van der Waals surface area contributed by atoms with E-state index < -0.39 is 0 Å². The number of guanidine groups is 1. The highest BCUT2D eigenvalue weighted by molar-refractivity contribution is 14.0. The number of hydrogen-bond acceptors (Lipinski definition) is 3. The lowest BCUT2D eigenvalue weighted by molar-refractivity contribution is -0.127. The molecule has 1 rings (SSSR count). The number of carbonyl (C=O) groups is 1. The van der Waals surface area contributed by atoms with Gasteiger partial charge in [-0.3, -0.25) is 4.79 Å². The molecule has 24 heavy (non-hydrogen) atoms. The number of aliphatic imine (C=N–C) groups is 1. The molecule has 7 heteroatoms. The molecule has 0 atom stereocenters. The first-order valence-corrected chi connectivity index (χ1v) is 9.97. The van der Waals surface area contributed by atoms with E-state index in [1.807, 2.05) is 0 Å². The molecule has 0 aliphatic heterocycles. The third-order valence-corrected chi connectivity index (χ3v) is 5.25. The fourth-order valence-electron chi connectivity index (χ4n) is 2.90. The van der Waals surface area contributed by atoms with Crippen molar-refractivity contribution < 1.29 is 4.79 Å². The van der Waals surface area contributed by atoms with Crippen LogP contribution < -0.4 is 10.6 Å². The standard InChI is InChI=1S/C17H34N4OS.HI/c1-17(2,14-8-6-7-9-14)13-20-16(18-10-11-23-5)19-12-15(22)21(3)4;/h14H,6-13H2,1-5H3,(H2,18,19,20);1H. The van der Waals surface area contributed by atoms with E-state index in [0.29, 0.717) is 0 Å². The quantitative estimate of drug-likeness (QED) is 0.248. The monoisotopic (exact) mass is 470 g/mol. The fraction of sp³-hybridized carbons (Fsp3) is 0.882. The maximum Gasteiger partial charge on any atom is 0.243 e. The van der Waals surface area contributed by atoms with Gasteiger partial charge in [-0.05, 0) is 30.4 Å². The van der Waals surface area contributed by atoms with Crippen molar-refractivity contribution in [3.05, 3.63) is 0 Å². The molecule has 0 aromatic heterocycles. The number of halogens is 1. The molecule has 1 fully saturated rings. The van der Waals surface area contributed by atoms with Gasteiger partial charge in [-0.25, -0.2) is 4.99 Å². The largest absolute Gasteiger partial charge is 0.356 e. The molecule has 1 aliphatic carbocycles. The number of amides is 1. The highest BCUT2D eigenvalue weighted by Gasteiger charge is 2.31. The minimum atomic E-state index is 0. The Morgan fingerprint density at radius 3 is 2.42 bits per heavy atom. The smallest absolute Gasteiger partial charge is 0.243 e. The van der Waals surface area contributed by atoms with Gasteiger partial charge in [0.25, 0.3) is 0 Å². The molecular formula is C17H35IN4OS. The molecule has 0 bridgehead atoms. The molecular weight excluding hydrogens is 435 g/mol. The van der Waals surface area contributed by atoms with Gasteiger partial charge in [0.2, 0.25) is 5.91 Å². The molecule has 1 aliphatic rings. The van der Waals surface area contributed by atoms with Gasteiger partial charge in [-0.15, -0.1) is 24.0 Å². The Bertz CT molecular complexity index is 396. The lowest BCUT2D eigenvalue weighted by Gasteiger charge is -2.32. The van der Waals surface area contributed by atoms with Crippen molar-refractivity contribution in [1.82, 2.24) is 15.5 Å². The highest BCUT2D eigenvalue weighted by Crippen LogP contribution is 2.38. The molecule has 0 unspecified atom stereocenters. The molecule has 5 nitrogen and oxygen atoms in total. The summed E-state index contributed by atoms with van der Waals surface area (Å²) in [4.78, 5) is 17.8. The predicted molar refractivity (Wildman–Crippen MR) is 117 cm³/mol. The number of nitrogens with one attached hydrogen (secondary N) is 2. The Morgan fingerprint density at radius 2 is 1.88 bits per heavy atom. The summed E-state index contributed by atoms with van der Waals surface area (Å²) in [5.41, 5.74) is 0.254. The van der Waals surface area contributed by atoms with Crippen LogP contribution in [0.15, 0.2) is 4.99 Å². The van der Waals surface area contributed by atoms with Gasteiger partial charge in [-0.2, -0.15) is 11.8 Å². The van der Waals surface area contributed by atoms with Crippen LogP contribution in [-0.2, 0) is 4.79 Å². The van der Waals surface area contributed by atoms with Crippen molar-refractivity contribution in [3.63, 3.8) is 0 Å². The summed E-state index contributed by atoms with van der Waals surface area (Å²) < 4.78 is 0. The van der Waals surface area contributed by atoms with Crippen molar-refractivity contribution in [3.8, 4) is 0 Å². The summed E-state index contributed by atoms with van der Waals surface area (Å²) in [7, 11) is 3.52. The molecule has 142 valence electrons. The summed E-state index contributed by atoms with van der Waals surface area (Å²) in [6.07, 6.45) is 7.47. The Labute approximate surface area is 169 Å². The lowest BCUT2D eigenvalue weighted by Crippen LogP contribution is -2.45. The second-order valence-electron chi connectivity index (χ2n) is 7.20. The minimum Gasteiger partial charge on any atom is -0.356 e. The van der Waals surface area contributed by atoms with Gasteiger partial charge in [-0.1, -0.05) is 26.7 Å². The molecule has 0 radical (unpaired) electrons. The highest BCUT2D eigenvalue weighted by atomic mass is 127. The van der Waals surface area contributed by atoms with Crippen LogP contribution in [0.2, 0.25) is 0 Å². The van der Waals surface area contributed by atoms with E-state index in [4.69, 9.17) is 0 Å². The summed E-state index contributed by atoms with van der Waals surface area (Å²) in [6.45, 7) is 6.60. The van der Waals surface area contributed by atoms with Crippen molar-refractivity contribution in [2.75, 3.05) is 45.7 Å². The van der Waals surface area contributed by atoms with Crippen LogP contribution in [-0.4, -0.2) is 62.5 Å². The van der Waals surface area contributed by atoms with E-state index in [2.05, 4.69) is 35.7 Å². The summed E-state index contributed by atoms with van der Waals surface area (Å²) in [5.74, 6) is 2.58. The van der Waals surface area contributed by atoms with Crippen LogP contribution >= 0.6 is 35.7 Å². The van der Waals surface area contributed by atoms with E-state index in [-0.39, 0.29) is 41.8 Å². The lowest BCUT2D eigenvalue weighted by atomic mass is 9.78. The van der Waals surface area contributed by atoms with Crippen LogP contribution in [0, 0.1) is 11.3 Å². The summed E-state index contributed by atoms with van der Waals surface area (Å²) >= 11 is 1.80.